The lowest BCUT2D eigenvalue weighted by atomic mass is 10.1. The molecule has 0 bridgehead atoms. The van der Waals surface area contributed by atoms with E-state index in [0.29, 0.717) is 18.8 Å². The summed E-state index contributed by atoms with van der Waals surface area (Å²) in [6.07, 6.45) is 0.849. The van der Waals surface area contributed by atoms with Gasteiger partial charge in [0.1, 0.15) is 0 Å². The lowest BCUT2D eigenvalue weighted by Crippen LogP contribution is -2.30. The van der Waals surface area contributed by atoms with Gasteiger partial charge in [0, 0.05) is 18.8 Å². The van der Waals surface area contributed by atoms with Gasteiger partial charge in [0.05, 0.1) is 15.5 Å². The molecule has 1 amide bonds. The first-order valence-corrected chi connectivity index (χ1v) is 10.3. The Morgan fingerprint density at radius 1 is 1.08 bits per heavy atom. The van der Waals surface area contributed by atoms with Crippen LogP contribution in [0.1, 0.15) is 36.7 Å². The minimum absolute atomic E-state index is 0.0538. The summed E-state index contributed by atoms with van der Waals surface area (Å²) in [5.74, 6) is -0.445. The minimum atomic E-state index is -3.66. The lowest BCUT2D eigenvalue weighted by molar-refractivity contribution is 0.102. The summed E-state index contributed by atoms with van der Waals surface area (Å²) in [6, 6.07) is 11.7. The topological polar surface area (TPSA) is 66.5 Å². The number of nitrogens with zero attached hydrogens (tertiary/aromatic N) is 1. The van der Waals surface area contributed by atoms with Gasteiger partial charge in [-0.3, -0.25) is 4.79 Å². The average molecular weight is 395 g/mol. The van der Waals surface area contributed by atoms with E-state index in [2.05, 4.69) is 5.32 Å². The number of hydrogen-bond acceptors (Lipinski definition) is 3. The van der Waals surface area contributed by atoms with Crippen LogP contribution >= 0.6 is 11.6 Å². The highest BCUT2D eigenvalue weighted by molar-refractivity contribution is 7.89. The SMILES string of the molecule is CCc1cccc(NC(=O)c2cc(S(=O)(=O)N(CC)CC)ccc2Cl)c1. The predicted octanol–water partition coefficient (Wildman–Crippen LogP) is 4.19. The van der Waals surface area contributed by atoms with Crippen LogP contribution in [0.4, 0.5) is 5.69 Å². The summed E-state index contributed by atoms with van der Waals surface area (Å²) in [7, 11) is -3.66. The van der Waals surface area contributed by atoms with Crippen LogP contribution in [0.25, 0.3) is 0 Å². The molecule has 7 heteroatoms. The van der Waals surface area contributed by atoms with Gasteiger partial charge in [0.25, 0.3) is 5.91 Å². The molecule has 0 aliphatic rings. The number of benzene rings is 2. The summed E-state index contributed by atoms with van der Waals surface area (Å²) in [6.45, 7) is 6.27. The zero-order valence-electron chi connectivity index (χ0n) is 15.1. The second kappa shape index (κ2) is 8.66. The number of hydrogen-bond donors (Lipinski definition) is 1. The van der Waals surface area contributed by atoms with Gasteiger partial charge >= 0.3 is 0 Å². The molecule has 2 rings (SSSR count). The largest absolute Gasteiger partial charge is 0.322 e. The van der Waals surface area contributed by atoms with Crippen LogP contribution in [-0.2, 0) is 16.4 Å². The number of sulfonamides is 1. The maximum Gasteiger partial charge on any atom is 0.257 e. The van der Waals surface area contributed by atoms with Gasteiger partial charge in [-0.25, -0.2) is 8.42 Å². The van der Waals surface area contributed by atoms with Crippen molar-refractivity contribution >= 4 is 33.2 Å². The zero-order valence-corrected chi connectivity index (χ0v) is 16.7. The number of halogens is 1. The van der Waals surface area contributed by atoms with Crippen molar-refractivity contribution in [1.82, 2.24) is 4.31 Å². The summed E-state index contributed by atoms with van der Waals surface area (Å²) < 4.78 is 26.7. The highest BCUT2D eigenvalue weighted by Gasteiger charge is 2.23. The first-order valence-electron chi connectivity index (χ1n) is 8.53. The monoisotopic (exact) mass is 394 g/mol. The van der Waals surface area contributed by atoms with E-state index in [-0.39, 0.29) is 15.5 Å². The summed E-state index contributed by atoms with van der Waals surface area (Å²) in [4.78, 5) is 12.7. The maximum atomic E-state index is 12.7. The van der Waals surface area contributed by atoms with E-state index in [1.807, 2.05) is 25.1 Å². The molecule has 2 aromatic carbocycles. The molecule has 140 valence electrons. The molecule has 5 nitrogen and oxygen atoms in total. The van der Waals surface area contributed by atoms with Crippen molar-refractivity contribution in [3.05, 3.63) is 58.6 Å². The van der Waals surface area contributed by atoms with Crippen LogP contribution < -0.4 is 5.32 Å². The number of nitrogens with one attached hydrogen (secondary N) is 1. The van der Waals surface area contributed by atoms with Crippen LogP contribution in [0, 0.1) is 0 Å². The van der Waals surface area contributed by atoms with Crippen LogP contribution in [0.15, 0.2) is 47.4 Å². The Balaban J connectivity index is 2.36. The van der Waals surface area contributed by atoms with E-state index < -0.39 is 15.9 Å². The number of carbonyl (C=O) groups is 1. The maximum absolute atomic E-state index is 12.7. The van der Waals surface area contributed by atoms with Gasteiger partial charge in [-0.2, -0.15) is 4.31 Å². The van der Waals surface area contributed by atoms with Crippen molar-refractivity contribution in [3.63, 3.8) is 0 Å². The van der Waals surface area contributed by atoms with Gasteiger partial charge < -0.3 is 5.32 Å². The number of aryl methyl sites for hydroxylation is 1. The molecule has 0 heterocycles. The molecular weight excluding hydrogens is 372 g/mol. The Bertz CT molecular complexity index is 893. The van der Waals surface area contributed by atoms with E-state index in [1.54, 1.807) is 19.9 Å². The molecule has 0 unspecified atom stereocenters. The third-order valence-corrected chi connectivity index (χ3v) is 6.49. The van der Waals surface area contributed by atoms with Crippen LogP contribution in [0.5, 0.6) is 0 Å². The third kappa shape index (κ3) is 4.44. The second-order valence-electron chi connectivity index (χ2n) is 5.74. The molecule has 26 heavy (non-hydrogen) atoms. The molecule has 0 saturated heterocycles. The molecule has 0 aliphatic heterocycles. The number of anilines is 1. The molecule has 0 aromatic heterocycles. The molecule has 0 saturated carbocycles. The molecule has 0 radical (unpaired) electrons. The van der Waals surface area contributed by atoms with Gasteiger partial charge in [0.15, 0.2) is 0 Å². The quantitative estimate of drug-likeness (QED) is 0.765. The average Bonchev–Trinajstić information content (AvgIpc) is 2.62. The lowest BCUT2D eigenvalue weighted by Gasteiger charge is -2.19. The van der Waals surface area contributed by atoms with Crippen LogP contribution in [0.3, 0.4) is 0 Å². The fourth-order valence-electron chi connectivity index (χ4n) is 2.62. The summed E-state index contributed by atoms with van der Waals surface area (Å²) in [5.41, 5.74) is 1.86. The zero-order chi connectivity index (χ0) is 19.3. The Hall–Kier alpha value is -1.89. The highest BCUT2D eigenvalue weighted by Crippen LogP contribution is 2.24. The first-order chi connectivity index (χ1) is 12.3. The van der Waals surface area contributed by atoms with Gasteiger partial charge in [-0.1, -0.05) is 44.5 Å². The Morgan fingerprint density at radius 3 is 2.38 bits per heavy atom. The number of amides is 1. The van der Waals surface area contributed by atoms with E-state index in [0.717, 1.165) is 12.0 Å². The van der Waals surface area contributed by atoms with E-state index in [1.165, 1.54) is 22.5 Å². The smallest absolute Gasteiger partial charge is 0.257 e. The Labute approximate surface area is 160 Å². The fourth-order valence-corrected chi connectivity index (χ4v) is 4.31. The Kier molecular flexibility index (Phi) is 6.81. The van der Waals surface area contributed by atoms with Gasteiger partial charge in [-0.15, -0.1) is 0 Å². The summed E-state index contributed by atoms with van der Waals surface area (Å²) >= 11 is 6.14. The van der Waals surface area contributed by atoms with Crippen molar-refractivity contribution in [2.24, 2.45) is 0 Å². The standard InChI is InChI=1S/C19H23ClN2O3S/c1-4-14-8-7-9-15(12-14)21-19(23)17-13-16(10-11-18(17)20)26(24,25)22(5-2)6-3/h7-13H,4-6H2,1-3H3,(H,21,23). The third-order valence-electron chi connectivity index (χ3n) is 4.12. The first kappa shape index (κ1) is 20.4. The molecule has 0 fully saturated rings. The van der Waals surface area contributed by atoms with Crippen LogP contribution in [-0.4, -0.2) is 31.7 Å². The van der Waals surface area contributed by atoms with E-state index in [9.17, 15) is 13.2 Å². The number of rotatable bonds is 7. The highest BCUT2D eigenvalue weighted by atomic mass is 35.5. The Morgan fingerprint density at radius 2 is 1.77 bits per heavy atom. The summed E-state index contributed by atoms with van der Waals surface area (Å²) in [5, 5.41) is 2.98. The molecule has 0 aliphatic carbocycles. The minimum Gasteiger partial charge on any atom is -0.322 e. The number of carbonyl (C=O) groups excluding carboxylic acids is 1. The van der Waals surface area contributed by atoms with E-state index in [4.69, 9.17) is 11.6 Å². The molecule has 1 N–H and O–H groups in total. The van der Waals surface area contributed by atoms with Gasteiger partial charge in [-0.05, 0) is 42.3 Å². The van der Waals surface area contributed by atoms with E-state index >= 15 is 0 Å². The molecule has 2 aromatic rings. The van der Waals surface area contributed by atoms with Crippen LogP contribution in [0.2, 0.25) is 5.02 Å². The molecular formula is C19H23ClN2O3S. The normalized spacial score (nSPS) is 11.6. The van der Waals surface area contributed by atoms with Crippen molar-refractivity contribution in [2.75, 3.05) is 18.4 Å². The molecule has 0 atom stereocenters. The second-order valence-corrected chi connectivity index (χ2v) is 8.08. The van der Waals surface area contributed by atoms with Crippen molar-refractivity contribution < 1.29 is 13.2 Å². The van der Waals surface area contributed by atoms with Gasteiger partial charge in [0.2, 0.25) is 10.0 Å². The predicted molar refractivity (Wildman–Crippen MR) is 105 cm³/mol. The van der Waals surface area contributed by atoms with Crippen molar-refractivity contribution in [1.29, 1.82) is 0 Å². The van der Waals surface area contributed by atoms with Crippen molar-refractivity contribution in [2.45, 2.75) is 32.1 Å². The van der Waals surface area contributed by atoms with Crippen molar-refractivity contribution in [3.8, 4) is 0 Å². The fraction of sp³-hybridized carbons (Fsp3) is 0.316. The molecule has 0 spiro atoms.